The molecule has 0 amide bonds. The van der Waals surface area contributed by atoms with E-state index in [2.05, 4.69) is 21.2 Å². The Morgan fingerprint density at radius 1 is 1.29 bits per heavy atom. The van der Waals surface area contributed by atoms with Gasteiger partial charge in [0.05, 0.1) is 15.4 Å². The minimum absolute atomic E-state index is 0.0236. The van der Waals surface area contributed by atoms with Crippen molar-refractivity contribution in [3.8, 4) is 0 Å². The van der Waals surface area contributed by atoms with Crippen molar-refractivity contribution in [1.82, 2.24) is 0 Å². The minimum atomic E-state index is -4.44. The van der Waals surface area contributed by atoms with E-state index >= 15 is 0 Å². The third-order valence-corrected chi connectivity index (χ3v) is 4.69. The van der Waals surface area contributed by atoms with Crippen LogP contribution in [0.25, 0.3) is 0 Å². The van der Waals surface area contributed by atoms with Gasteiger partial charge in [-0.1, -0.05) is 11.6 Å². The Labute approximate surface area is 137 Å². The fraction of sp³-hybridized carbons (Fsp3) is 0.231. The molecular formula is C13H11BrClF3N2S. The standard InChI is InChI=1S/C13H11BrClF3N2S/c14-12-2-1-11(21-12)10(6-19)20-9-4-7(13(16,17)18)3-8(15)5-9/h1-5,10,20H,6,19H2. The van der Waals surface area contributed by atoms with Crippen LogP contribution in [0.4, 0.5) is 18.9 Å². The Morgan fingerprint density at radius 3 is 2.52 bits per heavy atom. The highest BCUT2D eigenvalue weighted by molar-refractivity contribution is 9.11. The summed E-state index contributed by atoms with van der Waals surface area (Å²) in [6.45, 7) is 0.251. The highest BCUT2D eigenvalue weighted by Crippen LogP contribution is 2.35. The van der Waals surface area contributed by atoms with Gasteiger partial charge in [-0.3, -0.25) is 0 Å². The van der Waals surface area contributed by atoms with Crippen molar-refractivity contribution >= 4 is 44.6 Å². The molecule has 2 aromatic rings. The zero-order valence-electron chi connectivity index (χ0n) is 10.5. The SMILES string of the molecule is NCC(Nc1cc(Cl)cc(C(F)(F)F)c1)c1ccc(Br)s1. The number of alkyl halides is 3. The molecule has 0 saturated carbocycles. The summed E-state index contributed by atoms with van der Waals surface area (Å²) in [5.41, 5.74) is 5.19. The zero-order valence-corrected chi connectivity index (χ0v) is 13.7. The molecule has 3 N–H and O–H groups in total. The van der Waals surface area contributed by atoms with Crippen molar-refractivity contribution in [2.45, 2.75) is 12.2 Å². The van der Waals surface area contributed by atoms with Gasteiger partial charge >= 0.3 is 6.18 Å². The number of thiophene rings is 1. The molecule has 0 spiro atoms. The van der Waals surface area contributed by atoms with Gasteiger partial charge in [-0.25, -0.2) is 0 Å². The fourth-order valence-corrected chi connectivity index (χ4v) is 3.52. The zero-order chi connectivity index (χ0) is 15.6. The van der Waals surface area contributed by atoms with E-state index in [1.807, 2.05) is 12.1 Å². The van der Waals surface area contributed by atoms with Crippen LogP contribution in [0.2, 0.25) is 5.02 Å². The van der Waals surface area contributed by atoms with E-state index in [1.165, 1.54) is 17.4 Å². The van der Waals surface area contributed by atoms with Crippen LogP contribution < -0.4 is 11.1 Å². The first-order valence-corrected chi connectivity index (χ1v) is 7.88. The first kappa shape index (κ1) is 16.6. The number of hydrogen-bond donors (Lipinski definition) is 2. The maximum absolute atomic E-state index is 12.8. The Morgan fingerprint density at radius 2 is 2.00 bits per heavy atom. The van der Waals surface area contributed by atoms with Crippen molar-refractivity contribution in [2.24, 2.45) is 5.73 Å². The highest BCUT2D eigenvalue weighted by atomic mass is 79.9. The van der Waals surface area contributed by atoms with E-state index in [0.29, 0.717) is 0 Å². The Hall–Kier alpha value is -0.760. The third kappa shape index (κ3) is 4.35. The van der Waals surface area contributed by atoms with Crippen LogP contribution in [0, 0.1) is 0 Å². The molecule has 1 heterocycles. The molecule has 0 radical (unpaired) electrons. The van der Waals surface area contributed by atoms with Crippen LogP contribution >= 0.6 is 38.9 Å². The molecule has 0 fully saturated rings. The maximum Gasteiger partial charge on any atom is 0.416 e. The molecule has 1 unspecified atom stereocenters. The topological polar surface area (TPSA) is 38.0 Å². The van der Waals surface area contributed by atoms with Crippen molar-refractivity contribution < 1.29 is 13.2 Å². The second-order valence-electron chi connectivity index (χ2n) is 4.30. The number of anilines is 1. The van der Waals surface area contributed by atoms with E-state index < -0.39 is 11.7 Å². The average molecular weight is 400 g/mol. The fourth-order valence-electron chi connectivity index (χ4n) is 1.80. The number of benzene rings is 1. The molecule has 1 aromatic heterocycles. The van der Waals surface area contributed by atoms with Gasteiger partial charge in [-0.15, -0.1) is 11.3 Å². The van der Waals surface area contributed by atoms with E-state index in [1.54, 1.807) is 0 Å². The predicted molar refractivity (Wildman–Crippen MR) is 83.9 cm³/mol. The normalized spacial score (nSPS) is 13.2. The van der Waals surface area contributed by atoms with Crippen molar-refractivity contribution in [2.75, 3.05) is 11.9 Å². The van der Waals surface area contributed by atoms with Crippen LogP contribution in [0.3, 0.4) is 0 Å². The average Bonchev–Trinajstić information content (AvgIpc) is 2.81. The molecule has 2 nitrogen and oxygen atoms in total. The second kappa shape index (κ2) is 6.56. The quantitative estimate of drug-likeness (QED) is 0.732. The molecular weight excluding hydrogens is 389 g/mol. The van der Waals surface area contributed by atoms with Crippen LogP contribution in [0.15, 0.2) is 34.1 Å². The van der Waals surface area contributed by atoms with Gasteiger partial charge in [-0.2, -0.15) is 13.2 Å². The number of nitrogens with one attached hydrogen (secondary N) is 1. The lowest BCUT2D eigenvalue weighted by molar-refractivity contribution is -0.137. The van der Waals surface area contributed by atoms with Gasteiger partial charge in [0.2, 0.25) is 0 Å². The van der Waals surface area contributed by atoms with Crippen LogP contribution in [-0.4, -0.2) is 6.54 Å². The van der Waals surface area contributed by atoms with Crippen LogP contribution in [-0.2, 0) is 6.18 Å². The van der Waals surface area contributed by atoms with Gasteiger partial charge in [0, 0.05) is 22.1 Å². The van der Waals surface area contributed by atoms with E-state index in [4.69, 9.17) is 17.3 Å². The largest absolute Gasteiger partial charge is 0.416 e. The summed E-state index contributed by atoms with van der Waals surface area (Å²) in [7, 11) is 0. The molecule has 1 atom stereocenters. The van der Waals surface area contributed by atoms with Gasteiger partial charge < -0.3 is 11.1 Å². The van der Waals surface area contributed by atoms with Gasteiger partial charge in [0.1, 0.15) is 0 Å². The summed E-state index contributed by atoms with van der Waals surface area (Å²) in [5, 5.41) is 3.02. The smallest absolute Gasteiger partial charge is 0.376 e. The molecule has 21 heavy (non-hydrogen) atoms. The summed E-state index contributed by atoms with van der Waals surface area (Å²) >= 11 is 10.6. The van der Waals surface area contributed by atoms with Crippen LogP contribution in [0.1, 0.15) is 16.5 Å². The highest BCUT2D eigenvalue weighted by Gasteiger charge is 2.31. The summed E-state index contributed by atoms with van der Waals surface area (Å²) in [5.74, 6) is 0. The predicted octanol–water partition coefficient (Wildman–Crippen LogP) is 5.29. The lowest BCUT2D eigenvalue weighted by Gasteiger charge is -2.18. The number of halogens is 5. The minimum Gasteiger partial charge on any atom is -0.376 e. The lowest BCUT2D eigenvalue weighted by atomic mass is 10.1. The molecule has 0 bridgehead atoms. The molecule has 2 rings (SSSR count). The second-order valence-corrected chi connectivity index (χ2v) is 7.23. The molecule has 114 valence electrons. The van der Waals surface area contributed by atoms with E-state index in [-0.39, 0.29) is 23.3 Å². The Bertz CT molecular complexity index is 630. The molecule has 8 heteroatoms. The van der Waals surface area contributed by atoms with Gasteiger partial charge in [0.15, 0.2) is 0 Å². The molecule has 0 aliphatic rings. The lowest BCUT2D eigenvalue weighted by Crippen LogP contribution is -2.20. The molecule has 0 aliphatic carbocycles. The number of nitrogens with two attached hydrogens (primary N) is 1. The summed E-state index contributed by atoms with van der Waals surface area (Å²) < 4.78 is 39.3. The molecule has 1 aromatic carbocycles. The molecule has 0 saturated heterocycles. The van der Waals surface area contributed by atoms with Crippen molar-refractivity contribution in [3.05, 3.63) is 49.6 Å². The monoisotopic (exact) mass is 398 g/mol. The maximum atomic E-state index is 12.8. The van der Waals surface area contributed by atoms with E-state index in [0.717, 1.165) is 20.8 Å². The van der Waals surface area contributed by atoms with Gasteiger partial charge in [-0.05, 0) is 46.3 Å². The summed E-state index contributed by atoms with van der Waals surface area (Å²) in [4.78, 5) is 0.929. The first-order valence-electron chi connectivity index (χ1n) is 5.89. The van der Waals surface area contributed by atoms with Crippen molar-refractivity contribution in [1.29, 1.82) is 0 Å². The molecule has 0 aliphatic heterocycles. The van der Waals surface area contributed by atoms with E-state index in [9.17, 15) is 13.2 Å². The number of rotatable bonds is 4. The summed E-state index contributed by atoms with van der Waals surface area (Å²) in [6, 6.07) is 6.82. The summed E-state index contributed by atoms with van der Waals surface area (Å²) in [6.07, 6.45) is -4.44. The van der Waals surface area contributed by atoms with Gasteiger partial charge in [0.25, 0.3) is 0 Å². The first-order chi connectivity index (χ1) is 9.79. The number of hydrogen-bond acceptors (Lipinski definition) is 3. The Kier molecular flexibility index (Phi) is 5.19. The van der Waals surface area contributed by atoms with Crippen molar-refractivity contribution in [3.63, 3.8) is 0 Å². The Balaban J connectivity index is 2.27. The third-order valence-electron chi connectivity index (χ3n) is 2.74. The van der Waals surface area contributed by atoms with Crippen LogP contribution in [0.5, 0.6) is 0 Å².